The van der Waals surface area contributed by atoms with Gasteiger partial charge in [-0.1, -0.05) is 17.7 Å². The summed E-state index contributed by atoms with van der Waals surface area (Å²) in [5, 5.41) is 7.65. The Morgan fingerprint density at radius 1 is 1.45 bits per heavy atom. The predicted octanol–water partition coefficient (Wildman–Crippen LogP) is 3.75. The van der Waals surface area contributed by atoms with Gasteiger partial charge in [0.15, 0.2) is 5.11 Å². The van der Waals surface area contributed by atoms with E-state index >= 15 is 0 Å². The highest BCUT2D eigenvalue weighted by Gasteiger charge is 2.20. The summed E-state index contributed by atoms with van der Waals surface area (Å²) in [6.45, 7) is 4.51. The van der Waals surface area contributed by atoms with Crippen molar-refractivity contribution in [1.29, 1.82) is 0 Å². The van der Waals surface area contributed by atoms with Crippen LogP contribution < -0.4 is 10.6 Å². The molecule has 1 saturated carbocycles. The second-order valence-electron chi connectivity index (χ2n) is 5.22. The van der Waals surface area contributed by atoms with Crippen LogP contribution in [0, 0.1) is 12.8 Å². The van der Waals surface area contributed by atoms with Crippen LogP contribution in [0.15, 0.2) is 18.2 Å². The van der Waals surface area contributed by atoms with E-state index in [9.17, 15) is 0 Å². The van der Waals surface area contributed by atoms with E-state index in [-0.39, 0.29) is 0 Å². The van der Waals surface area contributed by atoms with Crippen LogP contribution in [0.4, 0.5) is 5.69 Å². The van der Waals surface area contributed by atoms with E-state index in [1.807, 2.05) is 25.1 Å². The topological polar surface area (TPSA) is 33.3 Å². The Hall–Kier alpha value is -0.840. The summed E-state index contributed by atoms with van der Waals surface area (Å²) < 4.78 is 5.57. The number of rotatable bonds is 7. The lowest BCUT2D eigenvalue weighted by molar-refractivity contribution is 0.123. The molecule has 0 aliphatic heterocycles. The minimum Gasteiger partial charge on any atom is -0.381 e. The van der Waals surface area contributed by atoms with Crippen molar-refractivity contribution < 1.29 is 4.74 Å². The van der Waals surface area contributed by atoms with Crippen molar-refractivity contribution in [3.63, 3.8) is 0 Å². The van der Waals surface area contributed by atoms with Gasteiger partial charge in [-0.2, -0.15) is 0 Å². The fourth-order valence-electron chi connectivity index (χ4n) is 1.76. The number of hydrogen-bond donors (Lipinski definition) is 2. The SMILES string of the molecule is Cc1ccc(NC(=S)NCCCOCC2CC2)cc1Cl. The molecule has 1 fully saturated rings. The van der Waals surface area contributed by atoms with Crippen LogP contribution in [0.3, 0.4) is 0 Å². The normalized spacial score (nSPS) is 14.1. The maximum absolute atomic E-state index is 6.07. The summed E-state index contributed by atoms with van der Waals surface area (Å²) in [5.41, 5.74) is 1.96. The number of anilines is 1. The molecule has 0 spiro atoms. The molecule has 3 nitrogen and oxygen atoms in total. The molecule has 1 aromatic rings. The van der Waals surface area contributed by atoms with Crippen LogP contribution in [0.5, 0.6) is 0 Å². The summed E-state index contributed by atoms with van der Waals surface area (Å²) in [6, 6.07) is 5.82. The quantitative estimate of drug-likeness (QED) is 0.593. The largest absolute Gasteiger partial charge is 0.381 e. The van der Waals surface area contributed by atoms with Crippen LogP contribution in [0.1, 0.15) is 24.8 Å². The van der Waals surface area contributed by atoms with Gasteiger partial charge in [-0.05, 0) is 62.0 Å². The van der Waals surface area contributed by atoms with Crippen LogP contribution in [-0.4, -0.2) is 24.9 Å². The molecular formula is C15H21ClN2OS. The number of halogens is 1. The van der Waals surface area contributed by atoms with Gasteiger partial charge in [-0.15, -0.1) is 0 Å². The Morgan fingerprint density at radius 3 is 2.95 bits per heavy atom. The van der Waals surface area contributed by atoms with Crippen molar-refractivity contribution in [2.45, 2.75) is 26.2 Å². The van der Waals surface area contributed by atoms with E-state index in [4.69, 9.17) is 28.6 Å². The summed E-state index contributed by atoms with van der Waals surface area (Å²) in [6.07, 6.45) is 3.64. The van der Waals surface area contributed by atoms with E-state index in [2.05, 4.69) is 10.6 Å². The number of nitrogens with one attached hydrogen (secondary N) is 2. The predicted molar refractivity (Wildman–Crippen MR) is 88.6 cm³/mol. The van der Waals surface area contributed by atoms with E-state index in [0.29, 0.717) is 5.11 Å². The van der Waals surface area contributed by atoms with Gasteiger partial charge in [0.1, 0.15) is 0 Å². The monoisotopic (exact) mass is 312 g/mol. The van der Waals surface area contributed by atoms with Gasteiger partial charge >= 0.3 is 0 Å². The van der Waals surface area contributed by atoms with E-state index in [1.54, 1.807) is 0 Å². The first kappa shape index (κ1) is 15.5. The minimum atomic E-state index is 0.618. The second-order valence-corrected chi connectivity index (χ2v) is 6.03. The average molecular weight is 313 g/mol. The highest BCUT2D eigenvalue weighted by Crippen LogP contribution is 2.28. The van der Waals surface area contributed by atoms with Crippen LogP contribution in [-0.2, 0) is 4.74 Å². The number of aryl methyl sites for hydroxylation is 1. The molecule has 1 aromatic carbocycles. The molecule has 0 saturated heterocycles. The van der Waals surface area contributed by atoms with Crippen LogP contribution in [0.2, 0.25) is 5.02 Å². The van der Waals surface area contributed by atoms with E-state index in [1.165, 1.54) is 12.8 Å². The number of benzene rings is 1. The lowest BCUT2D eigenvalue weighted by Crippen LogP contribution is -2.29. The summed E-state index contributed by atoms with van der Waals surface area (Å²) in [5.74, 6) is 0.831. The first-order valence-electron chi connectivity index (χ1n) is 7.04. The Kier molecular flexibility index (Phi) is 6.07. The molecule has 1 aliphatic carbocycles. The molecule has 0 bridgehead atoms. The zero-order valence-corrected chi connectivity index (χ0v) is 13.3. The Balaban J connectivity index is 1.58. The van der Waals surface area contributed by atoms with Crippen molar-refractivity contribution >= 4 is 34.6 Å². The zero-order chi connectivity index (χ0) is 14.4. The second kappa shape index (κ2) is 7.81. The molecule has 0 unspecified atom stereocenters. The molecule has 0 atom stereocenters. The van der Waals surface area contributed by atoms with Crippen LogP contribution >= 0.6 is 23.8 Å². The maximum Gasteiger partial charge on any atom is 0.170 e. The van der Waals surface area contributed by atoms with E-state index < -0.39 is 0 Å². The first-order valence-corrected chi connectivity index (χ1v) is 7.82. The molecule has 0 amide bonds. The third-order valence-corrected chi connectivity index (χ3v) is 3.88. The van der Waals surface area contributed by atoms with Gasteiger partial charge in [-0.3, -0.25) is 0 Å². The van der Waals surface area contributed by atoms with Gasteiger partial charge in [-0.25, -0.2) is 0 Å². The van der Waals surface area contributed by atoms with Crippen molar-refractivity contribution in [3.05, 3.63) is 28.8 Å². The number of hydrogen-bond acceptors (Lipinski definition) is 2. The Labute approximate surface area is 131 Å². The van der Waals surface area contributed by atoms with Crippen molar-refractivity contribution in [1.82, 2.24) is 5.32 Å². The lowest BCUT2D eigenvalue weighted by atomic mass is 10.2. The fourth-order valence-corrected chi connectivity index (χ4v) is 2.16. The zero-order valence-electron chi connectivity index (χ0n) is 11.7. The third kappa shape index (κ3) is 5.65. The highest BCUT2D eigenvalue weighted by atomic mass is 35.5. The molecule has 110 valence electrons. The summed E-state index contributed by atoms with van der Waals surface area (Å²) in [4.78, 5) is 0. The van der Waals surface area contributed by atoms with Crippen molar-refractivity contribution in [2.75, 3.05) is 25.1 Å². The molecule has 2 N–H and O–H groups in total. The third-order valence-electron chi connectivity index (χ3n) is 3.23. The number of ether oxygens (including phenoxy) is 1. The van der Waals surface area contributed by atoms with Gasteiger partial charge in [0.05, 0.1) is 0 Å². The molecule has 1 aliphatic rings. The van der Waals surface area contributed by atoms with Gasteiger partial charge in [0, 0.05) is 30.5 Å². The molecule has 5 heteroatoms. The summed E-state index contributed by atoms with van der Waals surface area (Å²) >= 11 is 11.3. The van der Waals surface area contributed by atoms with Gasteiger partial charge in [0.2, 0.25) is 0 Å². The number of thiocarbonyl (C=S) groups is 1. The van der Waals surface area contributed by atoms with E-state index in [0.717, 1.165) is 48.4 Å². The van der Waals surface area contributed by atoms with Gasteiger partial charge in [0.25, 0.3) is 0 Å². The fraction of sp³-hybridized carbons (Fsp3) is 0.533. The Morgan fingerprint density at radius 2 is 2.25 bits per heavy atom. The molecule has 2 rings (SSSR count). The minimum absolute atomic E-state index is 0.618. The van der Waals surface area contributed by atoms with Gasteiger partial charge < -0.3 is 15.4 Å². The molecular weight excluding hydrogens is 292 g/mol. The maximum atomic E-state index is 6.07. The molecule has 0 heterocycles. The first-order chi connectivity index (χ1) is 9.65. The average Bonchev–Trinajstić information content (AvgIpc) is 3.22. The molecule has 0 radical (unpaired) electrons. The standard InChI is InChI=1S/C15H21ClN2OS/c1-11-3-6-13(9-14(11)16)18-15(20)17-7-2-8-19-10-12-4-5-12/h3,6,9,12H,2,4-5,7-8,10H2,1H3,(H2,17,18,20). The van der Waals surface area contributed by atoms with Crippen molar-refractivity contribution in [2.24, 2.45) is 5.92 Å². The lowest BCUT2D eigenvalue weighted by Gasteiger charge is -2.11. The Bertz CT molecular complexity index is 463. The van der Waals surface area contributed by atoms with Crippen molar-refractivity contribution in [3.8, 4) is 0 Å². The highest BCUT2D eigenvalue weighted by molar-refractivity contribution is 7.80. The van der Waals surface area contributed by atoms with Crippen LogP contribution in [0.25, 0.3) is 0 Å². The molecule has 20 heavy (non-hydrogen) atoms. The smallest absolute Gasteiger partial charge is 0.170 e. The molecule has 0 aromatic heterocycles. The summed E-state index contributed by atoms with van der Waals surface area (Å²) in [7, 11) is 0.